The number of hydrogen-bond acceptors (Lipinski definition) is 3. The molecule has 1 aliphatic rings. The first kappa shape index (κ1) is 15.1. The lowest BCUT2D eigenvalue weighted by Crippen LogP contribution is -2.40. The Bertz CT molecular complexity index is 572. The zero-order valence-electron chi connectivity index (χ0n) is 11.4. The van der Waals surface area contributed by atoms with Gasteiger partial charge in [0.05, 0.1) is 10.6 Å². The number of nitro groups is 1. The Labute approximate surface area is 119 Å². The third-order valence-corrected chi connectivity index (χ3v) is 3.55. The number of nitrogens with one attached hydrogen (secondary N) is 1. The third-order valence-electron chi connectivity index (χ3n) is 3.55. The molecule has 1 fully saturated rings. The van der Waals surface area contributed by atoms with Gasteiger partial charge in [-0.25, -0.2) is 9.18 Å². The monoisotopic (exact) mass is 299 g/mol. The van der Waals surface area contributed by atoms with Gasteiger partial charge in [-0.05, 0) is 18.8 Å². The molecule has 0 bridgehead atoms. The number of urea groups is 1. The van der Waals surface area contributed by atoms with Gasteiger partial charge in [0, 0.05) is 25.2 Å². The van der Waals surface area contributed by atoms with Gasteiger partial charge >= 0.3 is 11.7 Å². The van der Waals surface area contributed by atoms with E-state index < -0.39 is 34.0 Å². The molecule has 1 N–H and O–H groups in total. The molecule has 0 aliphatic carbocycles. The Morgan fingerprint density at radius 3 is 2.52 bits per heavy atom. The number of nitro benzene ring substituents is 1. The zero-order valence-corrected chi connectivity index (χ0v) is 11.4. The molecule has 0 unspecified atom stereocenters. The van der Waals surface area contributed by atoms with Gasteiger partial charge in [-0.1, -0.05) is 6.92 Å². The first-order valence-electron chi connectivity index (χ1n) is 6.58. The molecule has 1 aliphatic heterocycles. The molecule has 0 aromatic heterocycles. The van der Waals surface area contributed by atoms with E-state index in [9.17, 15) is 23.7 Å². The van der Waals surface area contributed by atoms with Crippen molar-refractivity contribution >= 4 is 17.4 Å². The van der Waals surface area contributed by atoms with E-state index in [1.807, 2.05) is 0 Å². The summed E-state index contributed by atoms with van der Waals surface area (Å²) >= 11 is 0. The van der Waals surface area contributed by atoms with Crippen molar-refractivity contribution in [3.63, 3.8) is 0 Å². The largest absolute Gasteiger partial charge is 0.325 e. The number of hydrogen-bond donors (Lipinski definition) is 1. The number of rotatable bonds is 2. The van der Waals surface area contributed by atoms with Gasteiger partial charge in [0.15, 0.2) is 0 Å². The molecule has 1 heterocycles. The van der Waals surface area contributed by atoms with E-state index in [-0.39, 0.29) is 0 Å². The second-order valence-corrected chi connectivity index (χ2v) is 5.14. The molecule has 2 amide bonds. The van der Waals surface area contributed by atoms with E-state index in [0.717, 1.165) is 12.8 Å². The van der Waals surface area contributed by atoms with E-state index in [1.165, 1.54) is 4.90 Å². The van der Waals surface area contributed by atoms with Gasteiger partial charge in [0.1, 0.15) is 5.82 Å². The second kappa shape index (κ2) is 6.02. The average molecular weight is 299 g/mol. The van der Waals surface area contributed by atoms with Crippen LogP contribution in [0.5, 0.6) is 0 Å². The minimum absolute atomic E-state index is 0.395. The fraction of sp³-hybridized carbons (Fsp3) is 0.462. The minimum atomic E-state index is -1.28. The molecule has 21 heavy (non-hydrogen) atoms. The summed E-state index contributed by atoms with van der Waals surface area (Å²) in [6.45, 7) is 3.16. The molecule has 0 spiro atoms. The van der Waals surface area contributed by atoms with Gasteiger partial charge in [0.25, 0.3) is 0 Å². The maximum atomic E-state index is 13.6. The zero-order chi connectivity index (χ0) is 15.6. The number of benzene rings is 1. The van der Waals surface area contributed by atoms with E-state index in [4.69, 9.17) is 0 Å². The van der Waals surface area contributed by atoms with Crippen molar-refractivity contribution in [2.75, 3.05) is 18.4 Å². The maximum absolute atomic E-state index is 13.6. The van der Waals surface area contributed by atoms with Gasteiger partial charge in [-0.3, -0.25) is 10.1 Å². The quantitative estimate of drug-likeness (QED) is 0.673. The summed E-state index contributed by atoms with van der Waals surface area (Å²) in [6, 6.07) is 0.544. The van der Waals surface area contributed by atoms with E-state index >= 15 is 0 Å². The van der Waals surface area contributed by atoms with Crippen LogP contribution in [0, 0.1) is 27.7 Å². The number of halogens is 2. The van der Waals surface area contributed by atoms with Crippen molar-refractivity contribution in [1.82, 2.24) is 4.90 Å². The lowest BCUT2D eigenvalue weighted by Gasteiger charge is -2.30. The minimum Gasteiger partial charge on any atom is -0.325 e. The number of likely N-dealkylation sites (tertiary alicyclic amines) is 1. The van der Waals surface area contributed by atoms with Crippen LogP contribution in [-0.4, -0.2) is 28.9 Å². The smallest absolute Gasteiger partial charge is 0.321 e. The summed E-state index contributed by atoms with van der Waals surface area (Å²) in [4.78, 5) is 23.1. The number of amides is 2. The summed E-state index contributed by atoms with van der Waals surface area (Å²) < 4.78 is 26.8. The van der Waals surface area contributed by atoms with Crippen LogP contribution in [0.15, 0.2) is 12.1 Å². The SMILES string of the molecule is CC1CCN(C(=O)Nc2cc([N+](=O)[O-])c(F)cc2F)CC1. The molecule has 0 radical (unpaired) electrons. The number of carbonyl (C=O) groups excluding carboxylic acids is 1. The van der Waals surface area contributed by atoms with Crippen LogP contribution >= 0.6 is 0 Å². The molecule has 6 nitrogen and oxygen atoms in total. The van der Waals surface area contributed by atoms with E-state index in [2.05, 4.69) is 12.2 Å². The Kier molecular flexibility index (Phi) is 4.35. The fourth-order valence-electron chi connectivity index (χ4n) is 2.18. The predicted octanol–water partition coefficient (Wildman–Crippen LogP) is 3.14. The predicted molar refractivity (Wildman–Crippen MR) is 72.0 cm³/mol. The average Bonchev–Trinajstić information content (AvgIpc) is 2.42. The Morgan fingerprint density at radius 2 is 1.95 bits per heavy atom. The van der Waals surface area contributed by atoms with Crippen LogP contribution in [0.2, 0.25) is 0 Å². The lowest BCUT2D eigenvalue weighted by molar-refractivity contribution is -0.387. The molecule has 1 aromatic carbocycles. The van der Waals surface area contributed by atoms with E-state index in [1.54, 1.807) is 0 Å². The van der Waals surface area contributed by atoms with Crippen molar-refractivity contribution in [2.24, 2.45) is 5.92 Å². The topological polar surface area (TPSA) is 75.5 Å². The van der Waals surface area contributed by atoms with Gasteiger partial charge in [0.2, 0.25) is 5.82 Å². The number of anilines is 1. The van der Waals surface area contributed by atoms with E-state index in [0.29, 0.717) is 31.1 Å². The number of nitrogens with zero attached hydrogens (tertiary/aromatic N) is 2. The molecule has 2 rings (SSSR count). The molecule has 1 saturated heterocycles. The molecule has 0 atom stereocenters. The summed E-state index contributed by atoms with van der Waals surface area (Å²) in [5.41, 5.74) is -1.27. The first-order valence-corrected chi connectivity index (χ1v) is 6.58. The van der Waals surface area contributed by atoms with Gasteiger partial charge < -0.3 is 10.2 Å². The van der Waals surface area contributed by atoms with Crippen LogP contribution in [0.3, 0.4) is 0 Å². The molecule has 1 aromatic rings. The summed E-state index contributed by atoms with van der Waals surface area (Å²) in [6.07, 6.45) is 1.69. The van der Waals surface area contributed by atoms with Crippen LogP contribution in [0.4, 0.5) is 25.0 Å². The summed E-state index contributed by atoms with van der Waals surface area (Å²) in [5.74, 6) is -1.79. The normalized spacial score (nSPS) is 15.9. The molecule has 8 heteroatoms. The van der Waals surface area contributed by atoms with Crippen molar-refractivity contribution in [3.05, 3.63) is 33.9 Å². The van der Waals surface area contributed by atoms with Crippen LogP contribution in [-0.2, 0) is 0 Å². The first-order chi connectivity index (χ1) is 9.88. The van der Waals surface area contributed by atoms with Crippen molar-refractivity contribution in [2.45, 2.75) is 19.8 Å². The summed E-state index contributed by atoms with van der Waals surface area (Å²) in [7, 11) is 0. The molecular weight excluding hydrogens is 284 g/mol. The fourth-order valence-corrected chi connectivity index (χ4v) is 2.18. The van der Waals surface area contributed by atoms with Crippen molar-refractivity contribution in [3.8, 4) is 0 Å². The highest BCUT2D eigenvalue weighted by molar-refractivity contribution is 5.89. The van der Waals surface area contributed by atoms with Crippen LogP contribution < -0.4 is 5.32 Å². The van der Waals surface area contributed by atoms with Gasteiger partial charge in [-0.2, -0.15) is 4.39 Å². The van der Waals surface area contributed by atoms with Crippen molar-refractivity contribution < 1.29 is 18.5 Å². The standard InChI is InChI=1S/C13H15F2N3O3/c1-8-2-4-17(5-3-8)13(19)16-11-7-12(18(20)21)10(15)6-9(11)14/h6-8H,2-5H2,1H3,(H,16,19). The maximum Gasteiger partial charge on any atom is 0.321 e. The van der Waals surface area contributed by atoms with Crippen LogP contribution in [0.1, 0.15) is 19.8 Å². The number of carbonyl (C=O) groups is 1. The highest BCUT2D eigenvalue weighted by Gasteiger charge is 2.23. The van der Waals surface area contributed by atoms with Crippen molar-refractivity contribution in [1.29, 1.82) is 0 Å². The second-order valence-electron chi connectivity index (χ2n) is 5.14. The Hall–Kier alpha value is -2.25. The Morgan fingerprint density at radius 1 is 1.33 bits per heavy atom. The lowest BCUT2D eigenvalue weighted by atomic mass is 10.00. The highest BCUT2D eigenvalue weighted by Crippen LogP contribution is 2.26. The molecule has 114 valence electrons. The molecule has 0 saturated carbocycles. The highest BCUT2D eigenvalue weighted by atomic mass is 19.1. The summed E-state index contributed by atoms with van der Waals surface area (Å²) in [5, 5.41) is 12.9. The van der Waals surface area contributed by atoms with Gasteiger partial charge in [-0.15, -0.1) is 0 Å². The third kappa shape index (κ3) is 3.45. The van der Waals surface area contributed by atoms with Crippen LogP contribution in [0.25, 0.3) is 0 Å². The Balaban J connectivity index is 2.13. The molecular formula is C13H15F2N3O3. The number of piperidine rings is 1.